The van der Waals surface area contributed by atoms with E-state index in [1.165, 1.54) is 0 Å². The van der Waals surface area contributed by atoms with Gasteiger partial charge in [-0.3, -0.25) is 9.59 Å². The van der Waals surface area contributed by atoms with Crippen LogP contribution in [0.5, 0.6) is 0 Å². The molecule has 0 fully saturated rings. The molecule has 0 radical (unpaired) electrons. The van der Waals surface area contributed by atoms with Gasteiger partial charge in [0.25, 0.3) is 0 Å². The zero-order chi connectivity index (χ0) is 12.0. The maximum atomic E-state index is 9.43. The van der Waals surface area contributed by atoms with Gasteiger partial charge in [0, 0.05) is 0 Å². The van der Waals surface area contributed by atoms with Gasteiger partial charge in [-0.25, -0.2) is 0 Å². The number of carbonyl (C=O) groups is 2. The van der Waals surface area contributed by atoms with E-state index in [-0.39, 0.29) is 29.6 Å². The molecule has 0 rings (SSSR count). The quantitative estimate of drug-likeness (QED) is 0.295. The number of hydrogen-bond donors (Lipinski definition) is 3. The van der Waals surface area contributed by atoms with Crippen molar-refractivity contribution in [2.75, 3.05) is 13.1 Å². The van der Waals surface area contributed by atoms with Crippen LogP contribution in [0, 0.1) is 6.92 Å². The minimum Gasteiger partial charge on any atom is -0.481 e. The third-order valence-corrected chi connectivity index (χ3v) is 0.802. The van der Waals surface area contributed by atoms with Gasteiger partial charge in [0.1, 0.15) is 6.42 Å². The molecule has 0 spiro atoms. The minimum absolute atomic E-state index is 0. The van der Waals surface area contributed by atoms with Crippen molar-refractivity contribution in [3.8, 4) is 0 Å². The fourth-order valence-corrected chi connectivity index (χ4v) is 0.379. The Kier molecular flexibility index (Phi) is 38.1. The zero-order valence-corrected chi connectivity index (χ0v) is 12.0. The summed E-state index contributed by atoms with van der Waals surface area (Å²) in [6.45, 7) is 11.4. The fourth-order valence-electron chi connectivity index (χ4n) is 0.379. The molecule has 0 aliphatic rings. The zero-order valence-electron chi connectivity index (χ0n) is 10.0. The molecule has 0 aromatic carbocycles. The van der Waals surface area contributed by atoms with Crippen LogP contribution in [0.2, 0.25) is 0 Å². The van der Waals surface area contributed by atoms with Crippen molar-refractivity contribution in [1.29, 1.82) is 0 Å². The van der Waals surface area contributed by atoms with Crippen molar-refractivity contribution in [1.82, 2.24) is 5.32 Å². The minimum atomic E-state index is -1.31. The molecule has 0 bridgehead atoms. The molecule has 0 amide bonds. The Labute approximate surface area is 114 Å². The molecule has 0 aromatic heterocycles. The summed E-state index contributed by atoms with van der Waals surface area (Å²) < 4.78 is 0. The Bertz CT molecular complexity index is 128. The van der Waals surface area contributed by atoms with Crippen molar-refractivity contribution in [3.05, 3.63) is 6.92 Å². The van der Waals surface area contributed by atoms with Gasteiger partial charge in [-0.2, -0.15) is 6.92 Å². The van der Waals surface area contributed by atoms with Crippen molar-refractivity contribution in [2.45, 2.75) is 27.2 Å². The predicted octanol–water partition coefficient (Wildman–Crippen LogP) is -1.99. The standard InChI is InChI=1S/C4H11N.C3H4O4.C2H5.Na/c1-3-5-4-2;4-2(5)1-3(6)7;1-2;/h5H,3-4H2,1-2H3;1H2,(H,4,5)(H,6,7);1H2,2H3;/q;;-1;+1. The van der Waals surface area contributed by atoms with Crippen LogP contribution in [0.3, 0.4) is 0 Å². The normalized spacial score (nSPS) is 6.93. The van der Waals surface area contributed by atoms with Gasteiger partial charge in [0.05, 0.1) is 0 Å². The smallest absolute Gasteiger partial charge is 0.481 e. The van der Waals surface area contributed by atoms with Gasteiger partial charge in [0.15, 0.2) is 0 Å². The Balaban J connectivity index is -0.0000000675. The van der Waals surface area contributed by atoms with Gasteiger partial charge in [-0.05, 0) is 13.1 Å². The molecule has 15 heavy (non-hydrogen) atoms. The molecule has 0 heterocycles. The molecule has 0 saturated carbocycles. The van der Waals surface area contributed by atoms with E-state index >= 15 is 0 Å². The Morgan fingerprint density at radius 2 is 1.33 bits per heavy atom. The summed E-state index contributed by atoms with van der Waals surface area (Å²) in [6.07, 6.45) is -0.806. The molecule has 0 aromatic rings. The summed E-state index contributed by atoms with van der Waals surface area (Å²) in [7, 11) is 0. The van der Waals surface area contributed by atoms with Crippen molar-refractivity contribution >= 4 is 11.9 Å². The molecular formula is C9H20NNaO4. The number of carboxylic acid groups (broad SMARTS) is 2. The van der Waals surface area contributed by atoms with E-state index in [1.807, 2.05) is 0 Å². The summed E-state index contributed by atoms with van der Waals surface area (Å²) in [6, 6.07) is 0. The van der Waals surface area contributed by atoms with Gasteiger partial charge < -0.3 is 22.5 Å². The molecule has 3 N–H and O–H groups in total. The van der Waals surface area contributed by atoms with Crippen LogP contribution in [-0.2, 0) is 9.59 Å². The van der Waals surface area contributed by atoms with Gasteiger partial charge in [-0.15, -0.1) is 0 Å². The molecular weight excluding hydrogens is 209 g/mol. The second-order valence-electron chi connectivity index (χ2n) is 1.92. The molecule has 0 unspecified atom stereocenters. The van der Waals surface area contributed by atoms with Crippen LogP contribution in [0.4, 0.5) is 0 Å². The number of hydrogen-bond acceptors (Lipinski definition) is 3. The van der Waals surface area contributed by atoms with Crippen LogP contribution in [0.25, 0.3) is 0 Å². The third-order valence-electron chi connectivity index (χ3n) is 0.802. The van der Waals surface area contributed by atoms with Crippen molar-refractivity contribution in [2.24, 2.45) is 0 Å². The van der Waals surface area contributed by atoms with Gasteiger partial charge >= 0.3 is 41.5 Å². The number of nitrogens with one attached hydrogen (secondary N) is 1. The third kappa shape index (κ3) is 56.5. The summed E-state index contributed by atoms with van der Waals surface area (Å²) in [5.74, 6) is -2.62. The van der Waals surface area contributed by atoms with E-state index in [4.69, 9.17) is 10.2 Å². The maximum Gasteiger partial charge on any atom is 1.00 e. The van der Waals surface area contributed by atoms with Gasteiger partial charge in [0.2, 0.25) is 0 Å². The molecule has 0 saturated heterocycles. The molecule has 86 valence electrons. The Morgan fingerprint density at radius 1 is 1.07 bits per heavy atom. The van der Waals surface area contributed by atoms with Crippen LogP contribution >= 0.6 is 0 Å². The number of carboxylic acids is 2. The number of rotatable bonds is 4. The Hall–Kier alpha value is -0.100. The summed E-state index contributed by atoms with van der Waals surface area (Å²) >= 11 is 0. The summed E-state index contributed by atoms with van der Waals surface area (Å²) in [4.78, 5) is 18.9. The van der Waals surface area contributed by atoms with Gasteiger partial charge in [-0.1, -0.05) is 13.8 Å². The van der Waals surface area contributed by atoms with E-state index in [0.717, 1.165) is 13.1 Å². The first-order valence-corrected chi connectivity index (χ1v) is 4.39. The molecule has 0 aliphatic carbocycles. The van der Waals surface area contributed by atoms with E-state index in [1.54, 1.807) is 6.92 Å². The fraction of sp³-hybridized carbons (Fsp3) is 0.667. The van der Waals surface area contributed by atoms with E-state index in [2.05, 4.69) is 26.1 Å². The Morgan fingerprint density at radius 3 is 1.33 bits per heavy atom. The van der Waals surface area contributed by atoms with Crippen LogP contribution in [-0.4, -0.2) is 35.2 Å². The van der Waals surface area contributed by atoms with Crippen molar-refractivity contribution < 1.29 is 49.4 Å². The van der Waals surface area contributed by atoms with E-state index < -0.39 is 18.4 Å². The van der Waals surface area contributed by atoms with Crippen LogP contribution in [0.1, 0.15) is 27.2 Å². The molecule has 0 atom stereocenters. The molecule has 0 aliphatic heterocycles. The SMILES string of the molecule is CCNCC.O=C(O)CC(=O)O.[CH2-]C.[Na+]. The van der Waals surface area contributed by atoms with Crippen LogP contribution in [0.15, 0.2) is 0 Å². The average molecular weight is 229 g/mol. The topological polar surface area (TPSA) is 86.6 Å². The van der Waals surface area contributed by atoms with Crippen molar-refractivity contribution in [3.63, 3.8) is 0 Å². The first-order chi connectivity index (χ1) is 6.54. The average Bonchev–Trinajstić information content (AvgIpc) is 2.08. The van der Waals surface area contributed by atoms with Crippen LogP contribution < -0.4 is 34.9 Å². The van der Waals surface area contributed by atoms with E-state index in [9.17, 15) is 9.59 Å². The maximum absolute atomic E-state index is 9.43. The monoisotopic (exact) mass is 229 g/mol. The molecule has 5 nitrogen and oxygen atoms in total. The second-order valence-corrected chi connectivity index (χ2v) is 1.92. The number of aliphatic carboxylic acids is 2. The molecule has 6 heteroatoms. The summed E-state index contributed by atoms with van der Waals surface area (Å²) in [5, 5.41) is 18.5. The largest absolute Gasteiger partial charge is 1.00 e. The first kappa shape index (κ1) is 24.2. The van der Waals surface area contributed by atoms with E-state index in [0.29, 0.717) is 0 Å². The first-order valence-electron chi connectivity index (χ1n) is 4.39. The predicted molar refractivity (Wildman–Crippen MR) is 55.1 cm³/mol. The summed E-state index contributed by atoms with van der Waals surface area (Å²) in [5.41, 5.74) is 0. The second kappa shape index (κ2) is 23.6.